The van der Waals surface area contributed by atoms with E-state index in [1.165, 1.54) is 13.0 Å². The Morgan fingerprint density at radius 1 is 1.44 bits per heavy atom. The van der Waals surface area contributed by atoms with Gasteiger partial charge < -0.3 is 16.2 Å². The van der Waals surface area contributed by atoms with E-state index < -0.39 is 5.54 Å². The number of phenols is 1. The highest BCUT2D eigenvalue weighted by atomic mass is 35.5. The molecule has 1 saturated carbocycles. The maximum Gasteiger partial charge on any atom is 0.221 e. The van der Waals surface area contributed by atoms with Crippen molar-refractivity contribution in [3.05, 3.63) is 22.7 Å². The van der Waals surface area contributed by atoms with Crippen molar-refractivity contribution in [3.63, 3.8) is 0 Å². The standard InChI is InChI=1S/C13H17ClN2O2/c1-8(17)16-12-10(18)5-4-9(14)11(12)13(15)6-2-3-7-13/h4-5,18H,2-3,6-7,15H2,1H3,(H,16,17). The van der Waals surface area contributed by atoms with Gasteiger partial charge in [0.2, 0.25) is 5.91 Å². The summed E-state index contributed by atoms with van der Waals surface area (Å²) in [6.07, 6.45) is 3.68. The van der Waals surface area contributed by atoms with Gasteiger partial charge >= 0.3 is 0 Å². The number of nitrogens with one attached hydrogen (secondary N) is 1. The molecular formula is C13H17ClN2O2. The van der Waals surface area contributed by atoms with E-state index in [0.29, 0.717) is 16.3 Å². The topological polar surface area (TPSA) is 75.3 Å². The molecule has 1 aromatic rings. The van der Waals surface area contributed by atoms with Crippen LogP contribution in [0.3, 0.4) is 0 Å². The normalized spacial score (nSPS) is 17.7. The van der Waals surface area contributed by atoms with E-state index in [1.807, 2.05) is 0 Å². The van der Waals surface area contributed by atoms with Gasteiger partial charge in [-0.1, -0.05) is 24.4 Å². The molecule has 1 aliphatic carbocycles. The molecule has 0 spiro atoms. The Bertz CT molecular complexity index is 482. The summed E-state index contributed by atoms with van der Waals surface area (Å²) < 4.78 is 0. The van der Waals surface area contributed by atoms with Crippen molar-refractivity contribution in [1.29, 1.82) is 0 Å². The molecule has 0 radical (unpaired) electrons. The zero-order chi connectivity index (χ0) is 13.3. The van der Waals surface area contributed by atoms with E-state index in [0.717, 1.165) is 25.7 Å². The van der Waals surface area contributed by atoms with Crippen molar-refractivity contribution < 1.29 is 9.90 Å². The van der Waals surface area contributed by atoms with Crippen LogP contribution in [0.1, 0.15) is 38.2 Å². The van der Waals surface area contributed by atoms with Gasteiger partial charge in [0.05, 0.1) is 5.69 Å². The zero-order valence-electron chi connectivity index (χ0n) is 10.3. The molecule has 1 amide bonds. The lowest BCUT2D eigenvalue weighted by molar-refractivity contribution is -0.114. The average Bonchev–Trinajstić information content (AvgIpc) is 2.71. The number of carbonyl (C=O) groups is 1. The number of carbonyl (C=O) groups excluding carboxylic acids is 1. The average molecular weight is 269 g/mol. The van der Waals surface area contributed by atoms with Gasteiger partial charge in [0.15, 0.2) is 0 Å². The van der Waals surface area contributed by atoms with Gasteiger partial charge in [-0.25, -0.2) is 0 Å². The van der Waals surface area contributed by atoms with E-state index in [-0.39, 0.29) is 11.7 Å². The van der Waals surface area contributed by atoms with E-state index in [4.69, 9.17) is 17.3 Å². The number of halogens is 1. The molecule has 0 heterocycles. The van der Waals surface area contributed by atoms with Crippen molar-refractivity contribution in [2.24, 2.45) is 5.73 Å². The highest BCUT2D eigenvalue weighted by Crippen LogP contribution is 2.46. The number of benzene rings is 1. The van der Waals surface area contributed by atoms with Crippen LogP contribution >= 0.6 is 11.6 Å². The second kappa shape index (κ2) is 4.78. The molecule has 98 valence electrons. The van der Waals surface area contributed by atoms with Crippen LogP contribution in [0, 0.1) is 0 Å². The summed E-state index contributed by atoms with van der Waals surface area (Å²) in [5.41, 5.74) is 6.81. The molecule has 1 fully saturated rings. The maximum atomic E-state index is 11.2. The minimum absolute atomic E-state index is 0.00123. The molecule has 0 aromatic heterocycles. The lowest BCUT2D eigenvalue weighted by atomic mass is 9.87. The second-order valence-electron chi connectivity index (χ2n) is 4.86. The number of aromatic hydroxyl groups is 1. The van der Waals surface area contributed by atoms with Crippen LogP contribution in [0.2, 0.25) is 5.02 Å². The van der Waals surface area contributed by atoms with Crippen LogP contribution in [0.5, 0.6) is 5.75 Å². The lowest BCUT2D eigenvalue weighted by Crippen LogP contribution is -2.34. The van der Waals surface area contributed by atoms with Crippen LogP contribution in [0.25, 0.3) is 0 Å². The first kappa shape index (κ1) is 13.2. The molecule has 0 bridgehead atoms. The maximum absolute atomic E-state index is 11.2. The highest BCUT2D eigenvalue weighted by Gasteiger charge is 2.36. The van der Waals surface area contributed by atoms with Crippen molar-refractivity contribution in [2.45, 2.75) is 38.1 Å². The fourth-order valence-electron chi connectivity index (χ4n) is 2.61. The minimum Gasteiger partial charge on any atom is -0.506 e. The fourth-order valence-corrected chi connectivity index (χ4v) is 2.96. The highest BCUT2D eigenvalue weighted by molar-refractivity contribution is 6.32. The zero-order valence-corrected chi connectivity index (χ0v) is 11.0. The van der Waals surface area contributed by atoms with E-state index >= 15 is 0 Å². The molecule has 0 unspecified atom stereocenters. The number of nitrogens with two attached hydrogens (primary N) is 1. The third-order valence-corrected chi connectivity index (χ3v) is 3.74. The van der Waals surface area contributed by atoms with Gasteiger partial charge in [-0.3, -0.25) is 4.79 Å². The molecule has 1 aliphatic rings. The first-order valence-electron chi connectivity index (χ1n) is 6.02. The molecule has 5 heteroatoms. The van der Waals surface area contributed by atoms with Crippen LogP contribution in [0.4, 0.5) is 5.69 Å². The van der Waals surface area contributed by atoms with Gasteiger partial charge in [-0.2, -0.15) is 0 Å². The quantitative estimate of drug-likeness (QED) is 0.722. The second-order valence-corrected chi connectivity index (χ2v) is 5.27. The predicted octanol–water partition coefficient (Wildman–Crippen LogP) is 2.73. The summed E-state index contributed by atoms with van der Waals surface area (Å²) in [5.74, 6) is -0.253. The van der Waals surface area contributed by atoms with E-state index in [1.54, 1.807) is 6.07 Å². The Kier molecular flexibility index (Phi) is 3.50. The minimum atomic E-state index is -0.562. The van der Waals surface area contributed by atoms with Crippen molar-refractivity contribution in [3.8, 4) is 5.75 Å². The Morgan fingerprint density at radius 3 is 2.61 bits per heavy atom. The Morgan fingerprint density at radius 2 is 2.06 bits per heavy atom. The molecular weight excluding hydrogens is 252 g/mol. The first-order valence-corrected chi connectivity index (χ1v) is 6.40. The van der Waals surface area contributed by atoms with Gasteiger partial charge in [0, 0.05) is 23.0 Å². The molecule has 2 rings (SSSR count). The van der Waals surface area contributed by atoms with Crippen molar-refractivity contribution in [1.82, 2.24) is 0 Å². The summed E-state index contributed by atoms with van der Waals surface area (Å²) in [4.78, 5) is 11.2. The Balaban J connectivity index is 2.56. The van der Waals surface area contributed by atoms with Gasteiger partial charge in [0.1, 0.15) is 5.75 Å². The Hall–Kier alpha value is -1.26. The molecule has 0 atom stereocenters. The van der Waals surface area contributed by atoms with Crippen molar-refractivity contribution >= 4 is 23.2 Å². The summed E-state index contributed by atoms with van der Waals surface area (Å²) in [6, 6.07) is 3.08. The van der Waals surface area contributed by atoms with E-state index in [9.17, 15) is 9.90 Å². The summed E-state index contributed by atoms with van der Waals surface area (Å²) in [6.45, 7) is 1.39. The molecule has 0 saturated heterocycles. The predicted molar refractivity (Wildman–Crippen MR) is 71.8 cm³/mol. The summed E-state index contributed by atoms with van der Waals surface area (Å²) in [7, 11) is 0. The molecule has 0 aliphatic heterocycles. The number of hydrogen-bond donors (Lipinski definition) is 3. The number of rotatable bonds is 2. The Labute approximate surface area is 111 Å². The van der Waals surface area contributed by atoms with Crippen LogP contribution in [-0.4, -0.2) is 11.0 Å². The monoisotopic (exact) mass is 268 g/mol. The van der Waals surface area contributed by atoms with Crippen LogP contribution < -0.4 is 11.1 Å². The van der Waals surface area contributed by atoms with Crippen LogP contribution in [0.15, 0.2) is 12.1 Å². The van der Waals surface area contributed by atoms with E-state index in [2.05, 4.69) is 5.32 Å². The third-order valence-electron chi connectivity index (χ3n) is 3.43. The summed E-state index contributed by atoms with van der Waals surface area (Å²) in [5, 5.41) is 13.0. The van der Waals surface area contributed by atoms with Gasteiger partial charge in [-0.05, 0) is 25.0 Å². The van der Waals surface area contributed by atoms with Gasteiger partial charge in [0.25, 0.3) is 0 Å². The third kappa shape index (κ3) is 2.31. The van der Waals surface area contributed by atoms with Gasteiger partial charge in [-0.15, -0.1) is 0 Å². The van der Waals surface area contributed by atoms with Crippen LogP contribution in [-0.2, 0) is 10.3 Å². The first-order chi connectivity index (χ1) is 8.44. The molecule has 18 heavy (non-hydrogen) atoms. The smallest absolute Gasteiger partial charge is 0.221 e. The largest absolute Gasteiger partial charge is 0.506 e. The fraction of sp³-hybridized carbons (Fsp3) is 0.462. The molecule has 1 aromatic carbocycles. The number of amides is 1. The molecule has 4 nitrogen and oxygen atoms in total. The number of hydrogen-bond acceptors (Lipinski definition) is 3. The van der Waals surface area contributed by atoms with Crippen molar-refractivity contribution in [2.75, 3.05) is 5.32 Å². The number of anilines is 1. The number of phenolic OH excluding ortho intramolecular Hbond substituents is 1. The summed E-state index contributed by atoms with van der Waals surface area (Å²) >= 11 is 6.21. The SMILES string of the molecule is CC(=O)Nc1c(O)ccc(Cl)c1C1(N)CCCC1. The molecule has 4 N–H and O–H groups in total. The lowest BCUT2D eigenvalue weighted by Gasteiger charge is -2.28.